The molecule has 11 nitrogen and oxygen atoms in total. The molecule has 5 N–H and O–H groups in total. The van der Waals surface area contributed by atoms with E-state index < -0.39 is 12.8 Å². The molecule has 4 heterocycles. The van der Waals surface area contributed by atoms with Crippen molar-refractivity contribution in [3.05, 3.63) is 24.3 Å². The Balaban J connectivity index is 1.45. The number of hydrogen-bond acceptors (Lipinski definition) is 10. The summed E-state index contributed by atoms with van der Waals surface area (Å²) in [6, 6.07) is 1.71. The van der Waals surface area contributed by atoms with Crippen LogP contribution in [0.25, 0.3) is 0 Å². The lowest BCUT2D eigenvalue weighted by Crippen LogP contribution is -2.53. The van der Waals surface area contributed by atoms with Crippen LogP contribution in [0.3, 0.4) is 0 Å². The number of anilines is 4. The Labute approximate surface area is 225 Å². The molecular formula is C25H36F3N10O+. The minimum absolute atomic E-state index is 0.109. The van der Waals surface area contributed by atoms with E-state index in [1.165, 1.54) is 12.7 Å². The third-order valence-corrected chi connectivity index (χ3v) is 7.20. The van der Waals surface area contributed by atoms with E-state index in [2.05, 4.69) is 35.7 Å². The molecule has 212 valence electrons. The number of rotatable bonds is 11. The van der Waals surface area contributed by atoms with Crippen LogP contribution in [0.1, 0.15) is 37.8 Å². The summed E-state index contributed by atoms with van der Waals surface area (Å²) in [5, 5.41) is 16.8. The topological polar surface area (TPSA) is 129 Å². The van der Waals surface area contributed by atoms with Gasteiger partial charge < -0.3 is 25.6 Å². The van der Waals surface area contributed by atoms with Crippen LogP contribution in [-0.4, -0.2) is 101 Å². The lowest BCUT2D eigenvalue weighted by Gasteiger charge is -2.34. The van der Waals surface area contributed by atoms with Gasteiger partial charge in [0, 0.05) is 37.9 Å². The summed E-state index contributed by atoms with van der Waals surface area (Å²) in [6.07, 6.45) is 4.32. The average Bonchev–Trinajstić information content (AvgIpc) is 3.67. The zero-order valence-electron chi connectivity index (χ0n) is 21.9. The molecular weight excluding hydrogens is 513 g/mol. The van der Waals surface area contributed by atoms with Crippen molar-refractivity contribution in [3.8, 4) is 0 Å². The highest BCUT2D eigenvalue weighted by atomic mass is 19.4. The molecule has 3 aliphatic rings. The molecule has 0 aromatic carbocycles. The number of piperidine rings is 1. The van der Waals surface area contributed by atoms with Gasteiger partial charge in [-0.2, -0.15) is 18.2 Å². The number of piperazine rings is 1. The summed E-state index contributed by atoms with van der Waals surface area (Å²) < 4.78 is 42.5. The van der Waals surface area contributed by atoms with Crippen molar-refractivity contribution in [2.75, 3.05) is 74.6 Å². The van der Waals surface area contributed by atoms with E-state index in [-0.39, 0.29) is 18.7 Å². The fraction of sp³-hybridized carbons (Fsp3) is 0.640. The third kappa shape index (κ3) is 7.51. The largest absolute Gasteiger partial charge is 0.411 e. The highest BCUT2D eigenvalue weighted by Gasteiger charge is 2.46. The summed E-state index contributed by atoms with van der Waals surface area (Å²) in [7, 11) is 0. The molecule has 2 aromatic heterocycles. The van der Waals surface area contributed by atoms with Gasteiger partial charge >= 0.3 is 6.18 Å². The molecule has 5 rings (SSSR count). The molecule has 14 heteroatoms. The van der Waals surface area contributed by atoms with Crippen molar-refractivity contribution in [3.63, 3.8) is 0 Å². The van der Waals surface area contributed by atoms with Gasteiger partial charge in [0.15, 0.2) is 11.5 Å². The monoisotopic (exact) mass is 549 g/mol. The first-order valence-corrected chi connectivity index (χ1v) is 13.5. The summed E-state index contributed by atoms with van der Waals surface area (Å²) >= 11 is 0. The predicted molar refractivity (Wildman–Crippen MR) is 141 cm³/mol. The Morgan fingerprint density at radius 2 is 1.97 bits per heavy atom. The van der Waals surface area contributed by atoms with Crippen LogP contribution in [-0.2, 0) is 4.74 Å². The quantitative estimate of drug-likeness (QED) is 0.238. The number of likely N-dealkylation sites (tertiary alicyclic amines) is 1. The van der Waals surface area contributed by atoms with Crippen LogP contribution in [0.2, 0.25) is 0 Å². The van der Waals surface area contributed by atoms with Gasteiger partial charge in [-0.1, -0.05) is 6.42 Å². The SMILES string of the molecule is [NH2+]=C(CN1CCCCC1)c1nc(N2CCNC3(CC3)C2)nc(Nc2ccncn2)c1NCCOCC(F)(F)F. The Morgan fingerprint density at radius 3 is 2.69 bits per heavy atom. The summed E-state index contributed by atoms with van der Waals surface area (Å²) in [6.45, 7) is 3.47. The van der Waals surface area contributed by atoms with E-state index >= 15 is 0 Å². The van der Waals surface area contributed by atoms with Gasteiger partial charge in [0.1, 0.15) is 24.4 Å². The van der Waals surface area contributed by atoms with Crippen molar-refractivity contribution in [2.45, 2.75) is 43.8 Å². The molecule has 0 unspecified atom stereocenters. The lowest BCUT2D eigenvalue weighted by atomic mass is 10.1. The minimum atomic E-state index is -4.38. The van der Waals surface area contributed by atoms with Gasteiger partial charge in [0.05, 0.1) is 13.2 Å². The van der Waals surface area contributed by atoms with Crippen molar-refractivity contribution >= 4 is 29.0 Å². The molecule has 2 aromatic rings. The Bertz CT molecular complexity index is 1120. The third-order valence-electron chi connectivity index (χ3n) is 7.20. The summed E-state index contributed by atoms with van der Waals surface area (Å²) in [4.78, 5) is 22.5. The van der Waals surface area contributed by atoms with E-state index in [4.69, 9.17) is 20.1 Å². The van der Waals surface area contributed by atoms with Crippen molar-refractivity contribution < 1.29 is 23.3 Å². The van der Waals surface area contributed by atoms with Crippen LogP contribution >= 0.6 is 0 Å². The van der Waals surface area contributed by atoms with Crippen molar-refractivity contribution in [1.29, 1.82) is 0 Å². The second-order valence-electron chi connectivity index (χ2n) is 10.4. The number of halogens is 3. The van der Waals surface area contributed by atoms with Gasteiger partial charge in [0.2, 0.25) is 11.7 Å². The maximum Gasteiger partial charge on any atom is 0.411 e. The van der Waals surface area contributed by atoms with Gasteiger partial charge in [-0.25, -0.2) is 15.0 Å². The number of aromatic nitrogens is 4. The smallest absolute Gasteiger partial charge is 0.378 e. The summed E-state index contributed by atoms with van der Waals surface area (Å²) in [5.41, 5.74) is 1.71. The lowest BCUT2D eigenvalue weighted by molar-refractivity contribution is -0.172. The van der Waals surface area contributed by atoms with E-state index in [9.17, 15) is 13.2 Å². The Kier molecular flexibility index (Phi) is 8.43. The maximum absolute atomic E-state index is 12.6. The van der Waals surface area contributed by atoms with Crippen LogP contribution in [0.5, 0.6) is 0 Å². The Morgan fingerprint density at radius 1 is 1.15 bits per heavy atom. The second-order valence-corrected chi connectivity index (χ2v) is 10.4. The molecule has 0 bridgehead atoms. The number of alkyl halides is 3. The van der Waals surface area contributed by atoms with E-state index in [0.717, 1.165) is 58.4 Å². The Hall–Kier alpha value is -3.10. The molecule has 39 heavy (non-hydrogen) atoms. The molecule has 0 amide bonds. The first-order valence-electron chi connectivity index (χ1n) is 13.5. The predicted octanol–water partition coefficient (Wildman–Crippen LogP) is 0.977. The standard InChI is InChI=1S/C25H35F3N10O/c26-25(27,28)16-39-13-9-31-21-20(18(29)14-37-10-2-1-3-11-37)35-23(38-12-8-33-24(15-38)5-6-24)36-22(21)34-19-4-7-30-17-32-19/h4,7,17,29,31,33H,1-3,5-6,8-16H2,(H,30,32,34,35,36)/p+1. The highest BCUT2D eigenvalue weighted by Crippen LogP contribution is 2.39. The maximum atomic E-state index is 12.6. The van der Waals surface area contributed by atoms with Crippen molar-refractivity contribution in [2.24, 2.45) is 0 Å². The van der Waals surface area contributed by atoms with Crippen molar-refractivity contribution in [1.82, 2.24) is 30.2 Å². The van der Waals surface area contributed by atoms with E-state index in [1.54, 1.807) is 12.3 Å². The van der Waals surface area contributed by atoms with Crippen LogP contribution in [0.15, 0.2) is 18.6 Å². The molecule has 2 aliphatic heterocycles. The molecule has 1 saturated carbocycles. The molecule has 0 radical (unpaired) electrons. The first kappa shape index (κ1) is 27.5. The molecule has 3 fully saturated rings. The highest BCUT2D eigenvalue weighted by molar-refractivity contribution is 6.03. The van der Waals surface area contributed by atoms with Gasteiger partial charge in [-0.05, 0) is 44.8 Å². The number of ether oxygens (including phenoxy) is 1. The normalized spacial score (nSPS) is 19.2. The van der Waals surface area contributed by atoms with E-state index in [0.29, 0.717) is 41.2 Å². The minimum Gasteiger partial charge on any atom is -0.378 e. The zero-order chi connectivity index (χ0) is 27.3. The number of nitrogens with two attached hydrogens (primary N) is 1. The average molecular weight is 550 g/mol. The fourth-order valence-corrected chi connectivity index (χ4v) is 5.05. The molecule has 1 spiro atoms. The number of hydrogen-bond donors (Lipinski definition) is 4. The van der Waals surface area contributed by atoms with Crippen LogP contribution in [0, 0.1) is 0 Å². The van der Waals surface area contributed by atoms with Gasteiger partial charge in [-0.3, -0.25) is 10.3 Å². The van der Waals surface area contributed by atoms with Crippen LogP contribution in [0.4, 0.5) is 36.4 Å². The number of nitrogens with zero attached hydrogens (tertiary/aromatic N) is 6. The zero-order valence-corrected chi connectivity index (χ0v) is 21.9. The summed E-state index contributed by atoms with van der Waals surface area (Å²) in [5.74, 6) is 1.51. The van der Waals surface area contributed by atoms with Gasteiger partial charge in [-0.15, -0.1) is 0 Å². The van der Waals surface area contributed by atoms with Crippen LogP contribution < -0.4 is 26.3 Å². The number of nitrogens with one attached hydrogen (secondary N) is 3. The molecule has 0 atom stereocenters. The van der Waals surface area contributed by atoms with E-state index in [1.807, 2.05) is 0 Å². The fourth-order valence-electron chi connectivity index (χ4n) is 5.05. The first-order chi connectivity index (χ1) is 18.8. The molecule has 2 saturated heterocycles. The van der Waals surface area contributed by atoms with Gasteiger partial charge in [0.25, 0.3) is 0 Å². The molecule has 1 aliphatic carbocycles. The second kappa shape index (κ2) is 12.0.